The van der Waals surface area contributed by atoms with Gasteiger partial charge in [0.15, 0.2) is 11.5 Å². The van der Waals surface area contributed by atoms with E-state index in [0.717, 1.165) is 5.69 Å². The van der Waals surface area contributed by atoms with Crippen LogP contribution in [0.3, 0.4) is 0 Å². The molecule has 0 spiro atoms. The van der Waals surface area contributed by atoms with Crippen molar-refractivity contribution < 1.29 is 9.21 Å². The second-order valence-corrected chi connectivity index (χ2v) is 4.80. The fourth-order valence-corrected chi connectivity index (χ4v) is 2.21. The largest absolute Gasteiger partial charge is 0.463 e. The van der Waals surface area contributed by atoms with Gasteiger partial charge in [-0.1, -0.05) is 17.7 Å². The van der Waals surface area contributed by atoms with Crippen molar-refractivity contribution in [1.29, 1.82) is 0 Å². The minimum Gasteiger partial charge on any atom is -0.463 e. The first-order valence-corrected chi connectivity index (χ1v) is 6.69. The maximum absolute atomic E-state index is 11.8. The maximum atomic E-state index is 11.8. The van der Waals surface area contributed by atoms with Crippen LogP contribution in [0.1, 0.15) is 10.5 Å². The summed E-state index contributed by atoms with van der Waals surface area (Å²) in [6.07, 6.45) is 1.57. The molecule has 1 aromatic carbocycles. The highest BCUT2D eigenvalue weighted by molar-refractivity contribution is 6.30. The Morgan fingerprint density at radius 1 is 1.29 bits per heavy atom. The molecule has 1 N–H and O–H groups in total. The average Bonchev–Trinajstić information content (AvgIpc) is 3.15. The van der Waals surface area contributed by atoms with E-state index in [1.165, 1.54) is 0 Å². The number of hydrogen-bond acceptors (Lipinski definition) is 3. The van der Waals surface area contributed by atoms with E-state index in [1.807, 2.05) is 18.2 Å². The zero-order chi connectivity index (χ0) is 14.8. The van der Waals surface area contributed by atoms with Crippen LogP contribution in [0.5, 0.6) is 0 Å². The summed E-state index contributed by atoms with van der Waals surface area (Å²) in [5.41, 5.74) is 1.74. The van der Waals surface area contributed by atoms with Crippen LogP contribution in [-0.2, 0) is 0 Å². The molecule has 6 heteroatoms. The lowest BCUT2D eigenvalue weighted by molar-refractivity contribution is 0.0957. The summed E-state index contributed by atoms with van der Waals surface area (Å²) in [6.45, 7) is 0. The SMILES string of the molecule is CNC(=O)c1cc(-c2ccco2)n(-c2cccc(Cl)c2)n1. The molecule has 0 bridgehead atoms. The van der Waals surface area contributed by atoms with E-state index >= 15 is 0 Å². The van der Waals surface area contributed by atoms with Gasteiger partial charge in [0.25, 0.3) is 5.91 Å². The Hall–Kier alpha value is -2.53. The van der Waals surface area contributed by atoms with Crippen LogP contribution in [0.15, 0.2) is 53.1 Å². The van der Waals surface area contributed by atoms with Crippen LogP contribution in [0.4, 0.5) is 0 Å². The summed E-state index contributed by atoms with van der Waals surface area (Å²) >= 11 is 6.02. The number of nitrogens with zero attached hydrogens (tertiary/aromatic N) is 2. The van der Waals surface area contributed by atoms with Crippen molar-refractivity contribution in [2.45, 2.75) is 0 Å². The maximum Gasteiger partial charge on any atom is 0.271 e. The quantitative estimate of drug-likeness (QED) is 0.808. The number of carbonyl (C=O) groups excluding carboxylic acids is 1. The van der Waals surface area contributed by atoms with E-state index in [4.69, 9.17) is 16.0 Å². The Balaban J connectivity index is 2.18. The summed E-state index contributed by atoms with van der Waals surface area (Å²) in [4.78, 5) is 11.8. The van der Waals surface area contributed by atoms with Gasteiger partial charge >= 0.3 is 0 Å². The van der Waals surface area contributed by atoms with Gasteiger partial charge in [0, 0.05) is 18.1 Å². The third kappa shape index (κ3) is 2.55. The van der Waals surface area contributed by atoms with Crippen molar-refractivity contribution >= 4 is 17.5 Å². The second-order valence-electron chi connectivity index (χ2n) is 4.36. The third-order valence-corrected chi connectivity index (χ3v) is 3.23. The van der Waals surface area contributed by atoms with Gasteiger partial charge in [-0.05, 0) is 30.3 Å². The zero-order valence-electron chi connectivity index (χ0n) is 11.2. The number of carbonyl (C=O) groups is 1. The Morgan fingerprint density at radius 3 is 2.81 bits per heavy atom. The number of halogens is 1. The predicted octanol–water partition coefficient (Wildman–Crippen LogP) is 3.15. The lowest BCUT2D eigenvalue weighted by Crippen LogP contribution is -2.18. The van der Waals surface area contributed by atoms with Crippen molar-refractivity contribution in [3.8, 4) is 17.1 Å². The molecule has 2 aromatic heterocycles. The summed E-state index contributed by atoms with van der Waals surface area (Å²) in [7, 11) is 1.56. The van der Waals surface area contributed by atoms with E-state index in [-0.39, 0.29) is 5.91 Å². The van der Waals surface area contributed by atoms with Crippen molar-refractivity contribution in [1.82, 2.24) is 15.1 Å². The Labute approximate surface area is 126 Å². The number of rotatable bonds is 3. The lowest BCUT2D eigenvalue weighted by atomic mass is 10.2. The van der Waals surface area contributed by atoms with Crippen LogP contribution in [0.25, 0.3) is 17.1 Å². The number of aromatic nitrogens is 2. The first-order chi connectivity index (χ1) is 10.2. The van der Waals surface area contributed by atoms with Crippen LogP contribution in [0, 0.1) is 0 Å². The molecule has 21 heavy (non-hydrogen) atoms. The molecule has 2 heterocycles. The molecule has 0 saturated carbocycles. The fraction of sp³-hybridized carbons (Fsp3) is 0.0667. The van der Waals surface area contributed by atoms with E-state index < -0.39 is 0 Å². The number of furan rings is 1. The highest BCUT2D eigenvalue weighted by atomic mass is 35.5. The number of benzene rings is 1. The van der Waals surface area contributed by atoms with Gasteiger partial charge in [0.1, 0.15) is 5.69 Å². The number of hydrogen-bond donors (Lipinski definition) is 1. The molecule has 0 fully saturated rings. The Kier molecular flexibility index (Phi) is 3.50. The summed E-state index contributed by atoms with van der Waals surface area (Å²) in [5, 5.41) is 7.49. The average molecular weight is 302 g/mol. The molecule has 1 amide bonds. The van der Waals surface area contributed by atoms with E-state index in [1.54, 1.807) is 42.3 Å². The first kappa shape index (κ1) is 13.5. The van der Waals surface area contributed by atoms with Gasteiger partial charge in [-0.15, -0.1) is 0 Å². The molecule has 0 saturated heterocycles. The highest BCUT2D eigenvalue weighted by Crippen LogP contribution is 2.25. The smallest absolute Gasteiger partial charge is 0.271 e. The monoisotopic (exact) mass is 301 g/mol. The Bertz CT molecular complexity index is 778. The van der Waals surface area contributed by atoms with Gasteiger partial charge in [-0.3, -0.25) is 4.79 Å². The standard InChI is InChI=1S/C15H12ClN3O2/c1-17-15(20)12-9-13(14-6-3-7-21-14)19(18-12)11-5-2-4-10(16)8-11/h2-9H,1H3,(H,17,20). The van der Waals surface area contributed by atoms with E-state index in [9.17, 15) is 4.79 Å². The van der Waals surface area contributed by atoms with Crippen molar-refractivity contribution in [3.63, 3.8) is 0 Å². The van der Waals surface area contributed by atoms with Gasteiger partial charge in [-0.25, -0.2) is 4.68 Å². The summed E-state index contributed by atoms with van der Waals surface area (Å²) in [5.74, 6) is 0.362. The van der Waals surface area contributed by atoms with Crippen molar-refractivity contribution in [3.05, 3.63) is 59.4 Å². The van der Waals surface area contributed by atoms with Gasteiger partial charge in [-0.2, -0.15) is 5.10 Å². The topological polar surface area (TPSA) is 60.1 Å². The molecule has 0 aliphatic rings. The second kappa shape index (κ2) is 5.46. The number of nitrogens with one attached hydrogen (secondary N) is 1. The summed E-state index contributed by atoms with van der Waals surface area (Å²) < 4.78 is 7.05. The molecule has 0 aliphatic heterocycles. The first-order valence-electron chi connectivity index (χ1n) is 6.31. The Morgan fingerprint density at radius 2 is 2.14 bits per heavy atom. The molecule has 0 radical (unpaired) electrons. The normalized spacial score (nSPS) is 10.6. The van der Waals surface area contributed by atoms with E-state index in [0.29, 0.717) is 22.2 Å². The molecule has 3 rings (SSSR count). The molecular weight excluding hydrogens is 290 g/mol. The van der Waals surface area contributed by atoms with E-state index in [2.05, 4.69) is 10.4 Å². The minimum absolute atomic E-state index is 0.261. The van der Waals surface area contributed by atoms with Crippen LogP contribution < -0.4 is 5.32 Å². The molecular formula is C15H12ClN3O2. The van der Waals surface area contributed by atoms with Gasteiger partial charge in [0.05, 0.1) is 12.0 Å². The molecule has 0 unspecified atom stereocenters. The zero-order valence-corrected chi connectivity index (χ0v) is 12.0. The number of amides is 1. The van der Waals surface area contributed by atoms with Crippen molar-refractivity contribution in [2.24, 2.45) is 0 Å². The molecule has 3 aromatic rings. The van der Waals surface area contributed by atoms with Crippen LogP contribution in [-0.4, -0.2) is 22.7 Å². The summed E-state index contributed by atoms with van der Waals surface area (Å²) in [6, 6.07) is 12.5. The predicted molar refractivity (Wildman–Crippen MR) is 79.7 cm³/mol. The molecule has 0 atom stereocenters. The molecule has 0 aliphatic carbocycles. The third-order valence-electron chi connectivity index (χ3n) is 3.00. The fourth-order valence-electron chi connectivity index (χ4n) is 2.02. The lowest BCUT2D eigenvalue weighted by Gasteiger charge is -2.05. The molecule has 106 valence electrons. The van der Waals surface area contributed by atoms with Gasteiger partial charge < -0.3 is 9.73 Å². The molecule has 5 nitrogen and oxygen atoms in total. The van der Waals surface area contributed by atoms with Crippen LogP contribution in [0.2, 0.25) is 5.02 Å². The van der Waals surface area contributed by atoms with Crippen molar-refractivity contribution in [2.75, 3.05) is 7.05 Å². The van der Waals surface area contributed by atoms with Crippen LogP contribution >= 0.6 is 11.6 Å². The minimum atomic E-state index is -0.261. The highest BCUT2D eigenvalue weighted by Gasteiger charge is 2.17. The van der Waals surface area contributed by atoms with Gasteiger partial charge in [0.2, 0.25) is 0 Å².